The lowest BCUT2D eigenvalue weighted by Crippen LogP contribution is -2.30. The molecule has 1 atom stereocenters. The molecule has 0 saturated heterocycles. The van der Waals surface area contributed by atoms with Crippen LogP contribution in [0.25, 0.3) is 0 Å². The lowest BCUT2D eigenvalue weighted by Gasteiger charge is -2.26. The first kappa shape index (κ1) is 14.3. The van der Waals surface area contributed by atoms with Crippen LogP contribution in [0.5, 0.6) is 0 Å². The van der Waals surface area contributed by atoms with Crippen LogP contribution < -0.4 is 4.90 Å². The van der Waals surface area contributed by atoms with E-state index in [2.05, 4.69) is 0 Å². The first-order chi connectivity index (χ1) is 8.21. The molecule has 0 spiro atoms. The Morgan fingerprint density at radius 1 is 1.33 bits per heavy atom. The minimum Gasteiger partial charge on any atom is -0.481 e. The van der Waals surface area contributed by atoms with E-state index in [4.69, 9.17) is 5.11 Å². The second-order valence-corrected chi connectivity index (χ2v) is 4.10. The lowest BCUT2D eigenvalue weighted by molar-refractivity contribution is -0.138. The average Bonchev–Trinajstić information content (AvgIpc) is 2.26. The molecule has 18 heavy (non-hydrogen) atoms. The highest BCUT2D eigenvalue weighted by Crippen LogP contribution is 2.30. The normalized spacial score (nSPS) is 13.2. The maximum atomic E-state index is 12.4. The number of nitrogens with zero attached hydrogens (tertiary/aromatic N) is 1. The molecular formula is C12H14F3NO2. The van der Waals surface area contributed by atoms with E-state index in [1.54, 1.807) is 18.9 Å². The summed E-state index contributed by atoms with van der Waals surface area (Å²) in [6.07, 6.45) is -4.43. The maximum absolute atomic E-state index is 12.4. The van der Waals surface area contributed by atoms with Crippen molar-refractivity contribution in [3.63, 3.8) is 0 Å². The van der Waals surface area contributed by atoms with Crippen molar-refractivity contribution in [3.8, 4) is 0 Å². The lowest BCUT2D eigenvalue weighted by atomic mass is 10.1. The Hall–Kier alpha value is -1.72. The number of carboxylic acids is 1. The number of carbonyl (C=O) groups is 1. The summed E-state index contributed by atoms with van der Waals surface area (Å²) >= 11 is 0. The molecule has 6 heteroatoms. The monoisotopic (exact) mass is 261 g/mol. The van der Waals surface area contributed by atoms with Gasteiger partial charge in [-0.25, -0.2) is 0 Å². The zero-order valence-corrected chi connectivity index (χ0v) is 10.0. The quantitative estimate of drug-likeness (QED) is 0.905. The van der Waals surface area contributed by atoms with Crippen LogP contribution in [-0.4, -0.2) is 24.2 Å². The van der Waals surface area contributed by atoms with Gasteiger partial charge in [-0.05, 0) is 31.2 Å². The molecule has 0 amide bonds. The van der Waals surface area contributed by atoms with Crippen LogP contribution in [0.3, 0.4) is 0 Å². The van der Waals surface area contributed by atoms with Crippen LogP contribution in [0.1, 0.15) is 18.9 Å². The highest BCUT2D eigenvalue weighted by Gasteiger charge is 2.30. The van der Waals surface area contributed by atoms with Crippen LogP contribution in [0.2, 0.25) is 0 Å². The van der Waals surface area contributed by atoms with Gasteiger partial charge in [0.05, 0.1) is 12.0 Å². The summed E-state index contributed by atoms with van der Waals surface area (Å²) in [5, 5.41) is 8.66. The van der Waals surface area contributed by atoms with Crippen molar-refractivity contribution >= 4 is 11.7 Å². The molecule has 0 aliphatic rings. The number of carboxylic acid groups (broad SMARTS) is 1. The van der Waals surface area contributed by atoms with Gasteiger partial charge in [-0.2, -0.15) is 13.2 Å². The smallest absolute Gasteiger partial charge is 0.416 e. The molecule has 1 N–H and O–H groups in total. The van der Waals surface area contributed by atoms with Crippen molar-refractivity contribution in [1.82, 2.24) is 0 Å². The van der Waals surface area contributed by atoms with Crippen LogP contribution in [0, 0.1) is 0 Å². The van der Waals surface area contributed by atoms with Crippen molar-refractivity contribution < 1.29 is 23.1 Å². The first-order valence-corrected chi connectivity index (χ1v) is 5.33. The summed E-state index contributed by atoms with van der Waals surface area (Å²) in [6.45, 7) is 1.70. The average molecular weight is 261 g/mol. The third-order valence-electron chi connectivity index (χ3n) is 2.73. The summed E-state index contributed by atoms with van der Waals surface area (Å²) in [5.41, 5.74) is -0.165. The van der Waals surface area contributed by atoms with E-state index in [0.29, 0.717) is 5.69 Å². The van der Waals surface area contributed by atoms with Crippen LogP contribution in [-0.2, 0) is 11.0 Å². The minimum atomic E-state index is -4.36. The van der Waals surface area contributed by atoms with Gasteiger partial charge in [0.15, 0.2) is 0 Å². The van der Waals surface area contributed by atoms with Crippen molar-refractivity contribution in [3.05, 3.63) is 29.8 Å². The van der Waals surface area contributed by atoms with Gasteiger partial charge >= 0.3 is 12.1 Å². The number of alkyl halides is 3. The SMILES string of the molecule is CC(CC(=O)O)N(C)c1ccc(C(F)(F)F)cc1. The molecular weight excluding hydrogens is 247 g/mol. The third kappa shape index (κ3) is 3.65. The van der Waals surface area contributed by atoms with E-state index in [9.17, 15) is 18.0 Å². The Kier molecular flexibility index (Phi) is 4.21. The fourth-order valence-electron chi connectivity index (χ4n) is 1.53. The first-order valence-electron chi connectivity index (χ1n) is 5.33. The number of aliphatic carboxylic acids is 1. The van der Waals surface area contributed by atoms with Crippen molar-refractivity contribution in [2.45, 2.75) is 25.6 Å². The van der Waals surface area contributed by atoms with E-state index in [0.717, 1.165) is 12.1 Å². The summed E-state index contributed by atoms with van der Waals surface area (Å²) < 4.78 is 37.1. The molecule has 0 saturated carbocycles. The Morgan fingerprint density at radius 2 is 1.83 bits per heavy atom. The molecule has 0 aromatic heterocycles. The van der Waals surface area contributed by atoms with E-state index < -0.39 is 17.7 Å². The fourth-order valence-corrected chi connectivity index (χ4v) is 1.53. The summed E-state index contributed by atoms with van der Waals surface area (Å²) in [7, 11) is 1.65. The zero-order chi connectivity index (χ0) is 13.9. The van der Waals surface area contributed by atoms with Gasteiger partial charge in [-0.15, -0.1) is 0 Å². The summed E-state index contributed by atoms with van der Waals surface area (Å²) in [6, 6.07) is 4.35. The number of halogens is 3. The number of hydrogen-bond acceptors (Lipinski definition) is 2. The molecule has 1 unspecified atom stereocenters. The standard InChI is InChI=1S/C12H14F3NO2/c1-8(7-11(17)18)16(2)10-5-3-9(4-6-10)12(13,14)15/h3-6,8H,7H2,1-2H3,(H,17,18). The molecule has 100 valence electrons. The van der Waals surface area contributed by atoms with Crippen molar-refractivity contribution in [1.29, 1.82) is 0 Å². The third-order valence-corrected chi connectivity index (χ3v) is 2.73. The number of rotatable bonds is 4. The van der Waals surface area contributed by atoms with Gasteiger partial charge < -0.3 is 10.0 Å². The molecule has 3 nitrogen and oxygen atoms in total. The molecule has 0 heterocycles. The number of anilines is 1. The summed E-state index contributed by atoms with van der Waals surface area (Å²) in [4.78, 5) is 12.2. The van der Waals surface area contributed by atoms with Crippen molar-refractivity contribution in [2.75, 3.05) is 11.9 Å². The number of hydrogen-bond donors (Lipinski definition) is 1. The largest absolute Gasteiger partial charge is 0.481 e. The van der Waals surface area contributed by atoms with E-state index in [1.165, 1.54) is 12.1 Å². The number of benzene rings is 1. The Bertz CT molecular complexity index is 414. The van der Waals surface area contributed by atoms with Gasteiger partial charge in [-0.1, -0.05) is 0 Å². The van der Waals surface area contributed by atoms with E-state index in [-0.39, 0.29) is 12.5 Å². The fraction of sp³-hybridized carbons (Fsp3) is 0.417. The molecule has 0 fully saturated rings. The second-order valence-electron chi connectivity index (χ2n) is 4.10. The molecule has 0 bridgehead atoms. The molecule has 0 radical (unpaired) electrons. The predicted octanol–water partition coefficient (Wildman–Crippen LogP) is 3.00. The van der Waals surface area contributed by atoms with Crippen LogP contribution in [0.4, 0.5) is 18.9 Å². The Balaban J connectivity index is 2.82. The zero-order valence-electron chi connectivity index (χ0n) is 10.0. The predicted molar refractivity (Wildman–Crippen MR) is 61.6 cm³/mol. The maximum Gasteiger partial charge on any atom is 0.416 e. The van der Waals surface area contributed by atoms with Crippen LogP contribution in [0.15, 0.2) is 24.3 Å². The Labute approximate surface area is 103 Å². The van der Waals surface area contributed by atoms with Crippen LogP contribution >= 0.6 is 0 Å². The van der Waals surface area contributed by atoms with Crippen molar-refractivity contribution in [2.24, 2.45) is 0 Å². The van der Waals surface area contributed by atoms with Gasteiger partial charge in [-0.3, -0.25) is 4.79 Å². The molecule has 0 aliphatic heterocycles. The highest BCUT2D eigenvalue weighted by atomic mass is 19.4. The second kappa shape index (κ2) is 5.29. The summed E-state index contributed by atoms with van der Waals surface area (Å²) in [5.74, 6) is -0.943. The Morgan fingerprint density at radius 3 is 2.22 bits per heavy atom. The van der Waals surface area contributed by atoms with Gasteiger partial charge in [0.2, 0.25) is 0 Å². The minimum absolute atomic E-state index is 0.0719. The molecule has 0 aliphatic carbocycles. The molecule has 1 rings (SSSR count). The molecule has 1 aromatic carbocycles. The highest BCUT2D eigenvalue weighted by molar-refractivity contribution is 5.68. The topological polar surface area (TPSA) is 40.5 Å². The van der Waals surface area contributed by atoms with Gasteiger partial charge in [0.1, 0.15) is 0 Å². The van der Waals surface area contributed by atoms with Gasteiger partial charge in [0.25, 0.3) is 0 Å². The molecule has 1 aromatic rings. The van der Waals surface area contributed by atoms with E-state index in [1.807, 2.05) is 0 Å². The van der Waals surface area contributed by atoms with Gasteiger partial charge in [0, 0.05) is 18.8 Å². The van der Waals surface area contributed by atoms with E-state index >= 15 is 0 Å².